The second-order valence-electron chi connectivity index (χ2n) is 7.60. The monoisotopic (exact) mass is 408 g/mol. The molecule has 1 aliphatic heterocycles. The van der Waals surface area contributed by atoms with Crippen molar-refractivity contribution in [1.29, 1.82) is 0 Å². The molecule has 0 saturated carbocycles. The molecular formula is C24H25FN2O3. The number of aromatic nitrogens is 1. The molecule has 0 spiro atoms. The Balaban J connectivity index is 1.47. The normalized spacial score (nSPS) is 16.5. The number of piperidine rings is 1. The molecule has 0 aliphatic carbocycles. The molecule has 4 rings (SSSR count). The van der Waals surface area contributed by atoms with Crippen molar-refractivity contribution in [1.82, 2.24) is 9.88 Å². The highest BCUT2D eigenvalue weighted by Gasteiger charge is 2.31. The maximum Gasteiger partial charge on any atom is 0.227 e. The zero-order chi connectivity index (χ0) is 20.9. The number of carbonyl (C=O) groups excluding carboxylic acids is 1. The highest BCUT2D eigenvalue weighted by Crippen LogP contribution is 2.31. The number of rotatable bonds is 6. The summed E-state index contributed by atoms with van der Waals surface area (Å²) in [5.74, 6) is 1.83. The van der Waals surface area contributed by atoms with Crippen molar-refractivity contribution in [3.05, 3.63) is 83.3 Å². The van der Waals surface area contributed by atoms with Gasteiger partial charge in [-0.25, -0.2) is 9.37 Å². The Morgan fingerprint density at radius 2 is 2.03 bits per heavy atom. The molecule has 1 saturated heterocycles. The number of oxazole rings is 1. The van der Waals surface area contributed by atoms with Crippen molar-refractivity contribution < 1.29 is 18.3 Å². The van der Waals surface area contributed by atoms with Gasteiger partial charge in [-0.1, -0.05) is 24.3 Å². The molecule has 1 fully saturated rings. The number of likely N-dealkylation sites (tertiary alicyclic amines) is 1. The SMILES string of the molecule is COc1cccc(CC(=O)N2CCCC[C@@H]2c2ncc(Cc3ccc(F)cc3)o2)c1. The van der Waals surface area contributed by atoms with Crippen LogP contribution in [0.4, 0.5) is 4.39 Å². The Morgan fingerprint density at radius 1 is 1.20 bits per heavy atom. The molecule has 1 amide bonds. The summed E-state index contributed by atoms with van der Waals surface area (Å²) in [5, 5.41) is 0. The fourth-order valence-electron chi connectivity index (χ4n) is 3.91. The number of methoxy groups -OCH3 is 1. The first-order valence-corrected chi connectivity index (χ1v) is 10.2. The lowest BCUT2D eigenvalue weighted by Gasteiger charge is -2.34. The molecule has 3 aromatic rings. The van der Waals surface area contributed by atoms with E-state index in [9.17, 15) is 9.18 Å². The Bertz CT molecular complexity index is 1000. The van der Waals surface area contributed by atoms with E-state index in [1.807, 2.05) is 29.2 Å². The lowest BCUT2D eigenvalue weighted by Crippen LogP contribution is -2.39. The topological polar surface area (TPSA) is 55.6 Å². The van der Waals surface area contributed by atoms with Crippen molar-refractivity contribution in [3.63, 3.8) is 0 Å². The van der Waals surface area contributed by atoms with Gasteiger partial charge >= 0.3 is 0 Å². The van der Waals surface area contributed by atoms with Gasteiger partial charge in [-0.3, -0.25) is 4.79 Å². The van der Waals surface area contributed by atoms with E-state index in [0.29, 0.717) is 31.0 Å². The molecule has 0 radical (unpaired) electrons. The molecule has 6 heteroatoms. The predicted molar refractivity (Wildman–Crippen MR) is 111 cm³/mol. The summed E-state index contributed by atoms with van der Waals surface area (Å²) >= 11 is 0. The zero-order valence-electron chi connectivity index (χ0n) is 17.0. The number of halogens is 1. The number of nitrogens with zero attached hydrogens (tertiary/aromatic N) is 2. The van der Waals surface area contributed by atoms with E-state index in [1.54, 1.807) is 25.4 Å². The molecule has 1 aromatic heterocycles. The van der Waals surface area contributed by atoms with Gasteiger partial charge in [-0.2, -0.15) is 0 Å². The smallest absolute Gasteiger partial charge is 0.227 e. The maximum atomic E-state index is 13.1. The van der Waals surface area contributed by atoms with E-state index in [4.69, 9.17) is 9.15 Å². The summed E-state index contributed by atoms with van der Waals surface area (Å²) in [6, 6.07) is 13.8. The quantitative estimate of drug-likeness (QED) is 0.593. The zero-order valence-corrected chi connectivity index (χ0v) is 17.0. The minimum absolute atomic E-state index is 0.0613. The van der Waals surface area contributed by atoms with Gasteiger partial charge in [0.2, 0.25) is 11.8 Å². The van der Waals surface area contributed by atoms with Gasteiger partial charge in [-0.05, 0) is 54.7 Å². The van der Waals surface area contributed by atoms with Gasteiger partial charge in [-0.15, -0.1) is 0 Å². The summed E-state index contributed by atoms with van der Waals surface area (Å²) in [5.41, 5.74) is 1.88. The molecule has 0 N–H and O–H groups in total. The first-order chi connectivity index (χ1) is 14.6. The summed E-state index contributed by atoms with van der Waals surface area (Å²) < 4.78 is 24.4. The van der Waals surface area contributed by atoms with Crippen LogP contribution in [0.2, 0.25) is 0 Å². The molecule has 30 heavy (non-hydrogen) atoms. The number of hydrogen-bond acceptors (Lipinski definition) is 4. The van der Waals surface area contributed by atoms with E-state index in [1.165, 1.54) is 12.1 Å². The standard InChI is InChI=1S/C24H25FN2O3/c1-29-20-6-4-5-18(14-20)15-23(28)27-12-3-2-7-22(27)24-26-16-21(30-24)13-17-8-10-19(25)11-9-17/h4-6,8-11,14,16,22H,2-3,7,12-13,15H2,1H3/t22-/m1/s1. The van der Waals surface area contributed by atoms with Crippen LogP contribution in [-0.2, 0) is 17.6 Å². The number of hydrogen-bond donors (Lipinski definition) is 0. The highest BCUT2D eigenvalue weighted by molar-refractivity contribution is 5.79. The number of amides is 1. The second-order valence-corrected chi connectivity index (χ2v) is 7.60. The van der Waals surface area contributed by atoms with E-state index in [-0.39, 0.29) is 17.8 Å². The molecule has 156 valence electrons. The van der Waals surface area contributed by atoms with Crippen molar-refractivity contribution in [2.24, 2.45) is 0 Å². The van der Waals surface area contributed by atoms with Crippen LogP contribution in [0.5, 0.6) is 5.75 Å². The third kappa shape index (κ3) is 4.70. The van der Waals surface area contributed by atoms with Crippen molar-refractivity contribution >= 4 is 5.91 Å². The van der Waals surface area contributed by atoms with Crippen LogP contribution in [-0.4, -0.2) is 29.4 Å². The Labute approximate surface area is 175 Å². The molecule has 2 aromatic carbocycles. The van der Waals surface area contributed by atoms with Gasteiger partial charge < -0.3 is 14.1 Å². The molecule has 5 nitrogen and oxygen atoms in total. The number of ether oxygens (including phenoxy) is 1. The first-order valence-electron chi connectivity index (χ1n) is 10.2. The van der Waals surface area contributed by atoms with Gasteiger partial charge in [0, 0.05) is 13.0 Å². The molecule has 1 aliphatic rings. The maximum absolute atomic E-state index is 13.1. The Kier molecular flexibility index (Phi) is 6.12. The van der Waals surface area contributed by atoms with Crippen LogP contribution < -0.4 is 4.74 Å². The van der Waals surface area contributed by atoms with Gasteiger partial charge in [0.25, 0.3) is 0 Å². The fraction of sp³-hybridized carbons (Fsp3) is 0.333. The van der Waals surface area contributed by atoms with Gasteiger partial charge in [0.05, 0.1) is 19.7 Å². The predicted octanol–water partition coefficient (Wildman–Crippen LogP) is 4.71. The Morgan fingerprint density at radius 3 is 2.83 bits per heavy atom. The molecule has 2 heterocycles. The van der Waals surface area contributed by atoms with Crippen molar-refractivity contribution in [3.8, 4) is 5.75 Å². The molecule has 0 bridgehead atoms. The van der Waals surface area contributed by atoms with Crippen LogP contribution in [0.3, 0.4) is 0 Å². The lowest BCUT2D eigenvalue weighted by atomic mass is 10.0. The van der Waals surface area contributed by atoms with Crippen LogP contribution >= 0.6 is 0 Å². The van der Waals surface area contributed by atoms with Crippen LogP contribution in [0, 0.1) is 5.82 Å². The average molecular weight is 408 g/mol. The third-order valence-electron chi connectivity index (χ3n) is 5.46. The van der Waals surface area contributed by atoms with Crippen molar-refractivity contribution in [2.45, 2.75) is 38.1 Å². The van der Waals surface area contributed by atoms with E-state index < -0.39 is 0 Å². The lowest BCUT2D eigenvalue weighted by molar-refractivity contribution is -0.134. The van der Waals surface area contributed by atoms with E-state index >= 15 is 0 Å². The molecule has 1 atom stereocenters. The second kappa shape index (κ2) is 9.11. The molecular weight excluding hydrogens is 383 g/mol. The fourth-order valence-corrected chi connectivity index (χ4v) is 3.91. The third-order valence-corrected chi connectivity index (χ3v) is 5.46. The minimum Gasteiger partial charge on any atom is -0.497 e. The summed E-state index contributed by atoms with van der Waals surface area (Å²) in [6.07, 6.45) is 5.40. The highest BCUT2D eigenvalue weighted by atomic mass is 19.1. The van der Waals surface area contributed by atoms with E-state index in [2.05, 4.69) is 4.98 Å². The average Bonchev–Trinajstić information content (AvgIpc) is 3.24. The largest absolute Gasteiger partial charge is 0.497 e. The van der Waals surface area contributed by atoms with Crippen LogP contribution in [0.15, 0.2) is 59.1 Å². The van der Waals surface area contributed by atoms with Gasteiger partial charge in [0.1, 0.15) is 23.4 Å². The van der Waals surface area contributed by atoms with Crippen molar-refractivity contribution in [2.75, 3.05) is 13.7 Å². The first kappa shape index (κ1) is 20.1. The van der Waals surface area contributed by atoms with Crippen LogP contribution in [0.25, 0.3) is 0 Å². The summed E-state index contributed by atoms with van der Waals surface area (Å²) in [4.78, 5) is 19.4. The van der Waals surface area contributed by atoms with Gasteiger partial charge in [0.15, 0.2) is 0 Å². The van der Waals surface area contributed by atoms with E-state index in [0.717, 1.165) is 36.1 Å². The van der Waals surface area contributed by atoms with Crippen LogP contribution in [0.1, 0.15) is 48.1 Å². The summed E-state index contributed by atoms with van der Waals surface area (Å²) in [7, 11) is 1.62. The minimum atomic E-state index is -0.260. The Hall–Kier alpha value is -3.15. The number of carbonyl (C=O) groups is 1. The molecule has 0 unspecified atom stereocenters. The number of benzene rings is 2. The summed E-state index contributed by atoms with van der Waals surface area (Å²) in [6.45, 7) is 0.698.